The van der Waals surface area contributed by atoms with E-state index >= 15 is 0 Å². The van der Waals surface area contributed by atoms with E-state index < -0.39 is 0 Å². The summed E-state index contributed by atoms with van der Waals surface area (Å²) in [5.41, 5.74) is 12.0. The second-order valence-electron chi connectivity index (χ2n) is 5.70. The number of nitrogens with one attached hydrogen (secondary N) is 1. The number of nitrogen functional groups attached to an aromatic ring is 1. The Morgan fingerprint density at radius 3 is 2.71 bits per heavy atom. The Hall–Kier alpha value is -3.41. The quantitative estimate of drug-likeness (QED) is 0.647. The van der Waals surface area contributed by atoms with Crippen LogP contribution in [-0.2, 0) is 0 Å². The number of hydrogen-bond donors (Lipinski definition) is 2. The molecular formula is C18H14N4O2. The van der Waals surface area contributed by atoms with Gasteiger partial charge in [0.2, 0.25) is 6.79 Å². The molecule has 2 aliphatic heterocycles. The fourth-order valence-corrected chi connectivity index (χ4v) is 3.00. The molecule has 2 aromatic carbocycles. The van der Waals surface area contributed by atoms with Crippen LogP contribution in [0.15, 0.2) is 48.8 Å². The molecule has 0 spiro atoms. The summed E-state index contributed by atoms with van der Waals surface area (Å²) in [6.07, 6.45) is 5.67. The van der Waals surface area contributed by atoms with Gasteiger partial charge in [0.15, 0.2) is 17.3 Å². The summed E-state index contributed by atoms with van der Waals surface area (Å²) in [5, 5.41) is 2.04. The molecule has 1 aromatic heterocycles. The lowest BCUT2D eigenvalue weighted by molar-refractivity contribution is 0.174. The molecule has 0 saturated carbocycles. The molecule has 0 aliphatic carbocycles. The Balaban J connectivity index is 1.86. The maximum atomic E-state index is 5.83. The molecule has 3 aromatic rings. The standard InChI is InChI=1S/C18H14N4O2/c19-13-3-1-11(2-4-13)18-14-9-16-15(23-10-24-16)7-12(14)8-17-20-5-6-22(17)21-18/h1-9,21H,10,19H2. The zero-order chi connectivity index (χ0) is 16.1. The number of nitrogens with zero attached hydrogens (tertiary/aromatic N) is 2. The Morgan fingerprint density at radius 1 is 1.08 bits per heavy atom. The average molecular weight is 318 g/mol. The lowest BCUT2D eigenvalue weighted by Gasteiger charge is -2.13. The van der Waals surface area contributed by atoms with Crippen LogP contribution in [-0.4, -0.2) is 16.5 Å². The number of rotatable bonds is 1. The van der Waals surface area contributed by atoms with Gasteiger partial charge < -0.3 is 15.2 Å². The zero-order valence-electron chi connectivity index (χ0n) is 12.7. The van der Waals surface area contributed by atoms with Gasteiger partial charge in [-0.3, -0.25) is 5.43 Å². The highest BCUT2D eigenvalue weighted by atomic mass is 16.7. The van der Waals surface area contributed by atoms with Crippen LogP contribution in [0.25, 0.3) is 11.8 Å². The molecular weight excluding hydrogens is 304 g/mol. The van der Waals surface area contributed by atoms with Gasteiger partial charge in [-0.05, 0) is 35.6 Å². The molecule has 0 atom stereocenters. The van der Waals surface area contributed by atoms with Gasteiger partial charge >= 0.3 is 0 Å². The number of fused-ring (bicyclic) bond motifs is 3. The summed E-state index contributed by atoms with van der Waals surface area (Å²) in [6.45, 7) is 0.248. The third-order valence-corrected chi connectivity index (χ3v) is 4.20. The van der Waals surface area contributed by atoms with E-state index in [1.165, 1.54) is 0 Å². The third-order valence-electron chi connectivity index (χ3n) is 4.20. The monoisotopic (exact) mass is 318 g/mol. The van der Waals surface area contributed by atoms with Crippen LogP contribution in [0.4, 0.5) is 5.69 Å². The molecule has 118 valence electrons. The fraction of sp³-hybridized carbons (Fsp3) is 0.0556. The molecule has 0 fully saturated rings. The summed E-state index contributed by atoms with van der Waals surface area (Å²) in [5.74, 6) is 2.32. The van der Waals surface area contributed by atoms with Crippen LogP contribution >= 0.6 is 0 Å². The molecule has 0 bridgehead atoms. The second kappa shape index (κ2) is 4.79. The summed E-state index contributed by atoms with van der Waals surface area (Å²) in [7, 11) is 0. The summed E-state index contributed by atoms with van der Waals surface area (Å²) in [6, 6.07) is 11.8. The first-order valence-electron chi connectivity index (χ1n) is 7.60. The van der Waals surface area contributed by atoms with Crippen molar-refractivity contribution in [1.82, 2.24) is 9.66 Å². The number of aromatic nitrogens is 2. The first kappa shape index (κ1) is 13.1. The van der Waals surface area contributed by atoms with Gasteiger partial charge in [0.25, 0.3) is 0 Å². The second-order valence-corrected chi connectivity index (χ2v) is 5.70. The Morgan fingerprint density at radius 2 is 1.88 bits per heavy atom. The number of benzene rings is 2. The van der Waals surface area contributed by atoms with Gasteiger partial charge in [-0.15, -0.1) is 0 Å². The molecule has 3 heterocycles. The van der Waals surface area contributed by atoms with Crippen molar-refractivity contribution in [3.8, 4) is 11.5 Å². The minimum absolute atomic E-state index is 0.248. The summed E-state index contributed by atoms with van der Waals surface area (Å²) in [4.78, 5) is 4.39. The molecule has 0 unspecified atom stereocenters. The highest BCUT2D eigenvalue weighted by Crippen LogP contribution is 2.28. The molecule has 5 rings (SSSR count). The number of anilines is 1. The first-order chi connectivity index (χ1) is 11.8. The van der Waals surface area contributed by atoms with E-state index in [-0.39, 0.29) is 6.79 Å². The normalized spacial score (nSPS) is 14.2. The summed E-state index contributed by atoms with van der Waals surface area (Å²) < 4.78 is 13.0. The average Bonchev–Trinajstić information content (AvgIpc) is 3.19. The summed E-state index contributed by atoms with van der Waals surface area (Å²) >= 11 is 0. The SMILES string of the molecule is Nc1ccc(C2=c3cc4c(cc3=Cc3nccn3N2)OCO4)cc1. The zero-order valence-corrected chi connectivity index (χ0v) is 12.7. The Labute approximate surface area is 137 Å². The van der Waals surface area contributed by atoms with Crippen molar-refractivity contribution >= 4 is 17.5 Å². The third kappa shape index (κ3) is 1.93. The van der Waals surface area contributed by atoms with Crippen LogP contribution in [0.1, 0.15) is 11.4 Å². The molecule has 6 nitrogen and oxygen atoms in total. The lowest BCUT2D eigenvalue weighted by atomic mass is 10.1. The van der Waals surface area contributed by atoms with Gasteiger partial charge in [-0.2, -0.15) is 0 Å². The maximum Gasteiger partial charge on any atom is 0.231 e. The Bertz CT molecular complexity index is 1070. The van der Waals surface area contributed by atoms with E-state index in [0.717, 1.165) is 44.7 Å². The Kier molecular flexibility index (Phi) is 2.61. The van der Waals surface area contributed by atoms with Crippen molar-refractivity contribution in [2.75, 3.05) is 18.0 Å². The van der Waals surface area contributed by atoms with Crippen LogP contribution in [0, 0.1) is 0 Å². The van der Waals surface area contributed by atoms with Gasteiger partial charge in [0.1, 0.15) is 0 Å². The molecule has 3 N–H and O–H groups in total. The highest BCUT2D eigenvalue weighted by Gasteiger charge is 2.17. The molecule has 24 heavy (non-hydrogen) atoms. The minimum Gasteiger partial charge on any atom is -0.454 e. The number of ether oxygens (including phenoxy) is 2. The van der Waals surface area contributed by atoms with Gasteiger partial charge in [-0.1, -0.05) is 12.1 Å². The van der Waals surface area contributed by atoms with Gasteiger partial charge in [0.05, 0.1) is 5.70 Å². The van der Waals surface area contributed by atoms with E-state index in [9.17, 15) is 0 Å². The van der Waals surface area contributed by atoms with Crippen LogP contribution in [0.5, 0.6) is 11.5 Å². The van der Waals surface area contributed by atoms with E-state index in [1.54, 1.807) is 6.20 Å². The van der Waals surface area contributed by atoms with Crippen molar-refractivity contribution in [2.45, 2.75) is 0 Å². The van der Waals surface area contributed by atoms with Crippen molar-refractivity contribution < 1.29 is 9.47 Å². The molecule has 6 heteroatoms. The van der Waals surface area contributed by atoms with Crippen LogP contribution < -0.4 is 31.1 Å². The molecule has 2 aliphatic rings. The molecule has 0 radical (unpaired) electrons. The predicted octanol–water partition coefficient (Wildman–Crippen LogP) is 0.736. The largest absolute Gasteiger partial charge is 0.454 e. The van der Waals surface area contributed by atoms with Crippen molar-refractivity contribution in [2.24, 2.45) is 0 Å². The van der Waals surface area contributed by atoms with Gasteiger partial charge in [0, 0.05) is 28.9 Å². The molecule has 0 saturated heterocycles. The van der Waals surface area contributed by atoms with Gasteiger partial charge in [-0.25, -0.2) is 9.66 Å². The topological polar surface area (TPSA) is 74.3 Å². The van der Waals surface area contributed by atoms with E-state index in [2.05, 4.69) is 10.4 Å². The maximum absolute atomic E-state index is 5.83. The predicted molar refractivity (Wildman–Crippen MR) is 90.3 cm³/mol. The van der Waals surface area contributed by atoms with E-state index in [0.29, 0.717) is 0 Å². The van der Waals surface area contributed by atoms with Crippen molar-refractivity contribution in [1.29, 1.82) is 0 Å². The van der Waals surface area contributed by atoms with Crippen molar-refractivity contribution in [3.05, 3.63) is 70.6 Å². The number of imidazole rings is 1. The van der Waals surface area contributed by atoms with E-state index in [4.69, 9.17) is 15.2 Å². The number of hydrogen-bond acceptors (Lipinski definition) is 5. The minimum atomic E-state index is 0.248. The van der Waals surface area contributed by atoms with Crippen LogP contribution in [0.2, 0.25) is 0 Å². The number of nitrogens with two attached hydrogens (primary N) is 1. The first-order valence-corrected chi connectivity index (χ1v) is 7.60. The molecule has 0 amide bonds. The highest BCUT2D eigenvalue weighted by molar-refractivity contribution is 5.73. The lowest BCUT2D eigenvalue weighted by Crippen LogP contribution is -2.29. The van der Waals surface area contributed by atoms with Crippen molar-refractivity contribution in [3.63, 3.8) is 0 Å². The smallest absolute Gasteiger partial charge is 0.231 e. The fourth-order valence-electron chi connectivity index (χ4n) is 3.00. The van der Waals surface area contributed by atoms with Crippen LogP contribution in [0.3, 0.4) is 0 Å². The van der Waals surface area contributed by atoms with E-state index in [1.807, 2.05) is 53.3 Å².